The minimum atomic E-state index is -0.212. The quantitative estimate of drug-likeness (QED) is 0.817. The zero-order valence-electron chi connectivity index (χ0n) is 12.5. The molecule has 2 heterocycles. The first-order valence-corrected chi connectivity index (χ1v) is 7.42. The van der Waals surface area contributed by atoms with Gasteiger partial charge in [0.05, 0.1) is 13.2 Å². The monoisotopic (exact) mass is 305 g/mol. The van der Waals surface area contributed by atoms with E-state index in [1.807, 2.05) is 0 Å². The van der Waals surface area contributed by atoms with Crippen LogP contribution >= 0.6 is 0 Å². The molecule has 1 amide bonds. The van der Waals surface area contributed by atoms with Crippen LogP contribution in [0.5, 0.6) is 0 Å². The van der Waals surface area contributed by atoms with Gasteiger partial charge in [-0.25, -0.2) is 0 Å². The fourth-order valence-corrected chi connectivity index (χ4v) is 2.57. The molecule has 0 bridgehead atoms. The number of nitrogens with zero attached hydrogens (tertiary/aromatic N) is 3. The van der Waals surface area contributed by atoms with Crippen molar-refractivity contribution in [2.75, 3.05) is 13.7 Å². The Labute approximate surface area is 127 Å². The van der Waals surface area contributed by atoms with Gasteiger partial charge >= 0.3 is 0 Å². The summed E-state index contributed by atoms with van der Waals surface area (Å²) in [5, 5.41) is 13.7. The average molecular weight is 305 g/mol. The Balaban J connectivity index is 1.58. The summed E-state index contributed by atoms with van der Waals surface area (Å²) >= 11 is 0. The normalized spacial score (nSPS) is 13.9. The first-order chi connectivity index (χ1) is 10.8. The number of nitrogens with one attached hydrogen (secondary N) is 2. The highest BCUT2D eigenvalue weighted by molar-refractivity contribution is 5.93. The summed E-state index contributed by atoms with van der Waals surface area (Å²) in [6.45, 7) is 0.727. The molecule has 1 aliphatic carbocycles. The number of ether oxygens (including phenoxy) is 1. The molecule has 8 nitrogen and oxygen atoms in total. The maximum absolute atomic E-state index is 12.2. The van der Waals surface area contributed by atoms with Crippen LogP contribution in [0.15, 0.2) is 4.52 Å². The van der Waals surface area contributed by atoms with E-state index in [0.29, 0.717) is 30.4 Å². The van der Waals surface area contributed by atoms with Gasteiger partial charge in [0.15, 0.2) is 11.5 Å². The summed E-state index contributed by atoms with van der Waals surface area (Å²) in [5.74, 6) is 0.739. The van der Waals surface area contributed by atoms with Gasteiger partial charge in [-0.2, -0.15) is 10.1 Å². The number of aromatic nitrogens is 4. The third-order valence-electron chi connectivity index (χ3n) is 3.71. The molecule has 0 radical (unpaired) electrons. The van der Waals surface area contributed by atoms with Gasteiger partial charge in [0.1, 0.15) is 0 Å². The number of aromatic amines is 1. The number of H-pyrrole nitrogens is 1. The zero-order valence-corrected chi connectivity index (χ0v) is 12.5. The van der Waals surface area contributed by atoms with Gasteiger partial charge in [-0.1, -0.05) is 5.16 Å². The molecule has 22 heavy (non-hydrogen) atoms. The molecule has 1 aliphatic rings. The largest absolute Gasteiger partial charge is 0.384 e. The smallest absolute Gasteiger partial charge is 0.272 e. The number of carbonyl (C=O) groups is 1. The van der Waals surface area contributed by atoms with Crippen molar-refractivity contribution in [2.24, 2.45) is 0 Å². The van der Waals surface area contributed by atoms with Crippen molar-refractivity contribution < 1.29 is 14.1 Å². The summed E-state index contributed by atoms with van der Waals surface area (Å²) < 4.78 is 10.0. The van der Waals surface area contributed by atoms with Gasteiger partial charge in [0.25, 0.3) is 5.91 Å². The Morgan fingerprint density at radius 1 is 1.41 bits per heavy atom. The van der Waals surface area contributed by atoms with E-state index in [4.69, 9.17) is 9.26 Å². The van der Waals surface area contributed by atoms with Crippen LogP contribution in [0, 0.1) is 0 Å². The highest BCUT2D eigenvalue weighted by atomic mass is 16.5. The summed E-state index contributed by atoms with van der Waals surface area (Å²) in [6.07, 6.45) is 4.68. The molecule has 118 valence electrons. The number of hydrogen-bond acceptors (Lipinski definition) is 6. The summed E-state index contributed by atoms with van der Waals surface area (Å²) in [6, 6.07) is 0. The third kappa shape index (κ3) is 3.16. The molecule has 3 rings (SSSR count). The average Bonchev–Trinajstić information content (AvgIpc) is 3.17. The molecule has 8 heteroatoms. The fraction of sp³-hybridized carbons (Fsp3) is 0.571. The number of hydrogen-bond donors (Lipinski definition) is 2. The second-order valence-electron chi connectivity index (χ2n) is 5.27. The highest BCUT2D eigenvalue weighted by Gasteiger charge is 2.21. The number of fused-ring (bicyclic) bond motifs is 1. The number of methoxy groups -OCH3 is 1. The first-order valence-electron chi connectivity index (χ1n) is 7.42. The van der Waals surface area contributed by atoms with Crippen molar-refractivity contribution in [1.29, 1.82) is 0 Å². The van der Waals surface area contributed by atoms with Gasteiger partial charge in [0, 0.05) is 24.8 Å². The maximum Gasteiger partial charge on any atom is 0.272 e. The van der Waals surface area contributed by atoms with Crippen LogP contribution in [0.2, 0.25) is 0 Å². The lowest BCUT2D eigenvalue weighted by Gasteiger charge is -2.10. The topological polar surface area (TPSA) is 106 Å². The number of rotatable bonds is 6. The van der Waals surface area contributed by atoms with E-state index >= 15 is 0 Å². The molecule has 2 aromatic rings. The highest BCUT2D eigenvalue weighted by Crippen LogP contribution is 2.21. The van der Waals surface area contributed by atoms with E-state index in [1.54, 1.807) is 7.11 Å². The lowest BCUT2D eigenvalue weighted by atomic mass is 9.96. The molecule has 0 atom stereocenters. The van der Waals surface area contributed by atoms with Crippen LogP contribution in [-0.4, -0.2) is 40.0 Å². The molecule has 0 spiro atoms. The Kier molecular flexibility index (Phi) is 4.47. The Bertz CT molecular complexity index is 649. The van der Waals surface area contributed by atoms with Crippen molar-refractivity contribution >= 4 is 5.91 Å². The van der Waals surface area contributed by atoms with Crippen molar-refractivity contribution in [3.8, 4) is 0 Å². The number of carbonyl (C=O) groups excluding carboxylic acids is 1. The molecular formula is C14H19N5O3. The molecule has 0 saturated carbocycles. The first kappa shape index (κ1) is 14.7. The van der Waals surface area contributed by atoms with Crippen LogP contribution in [-0.2, 0) is 30.5 Å². The lowest BCUT2D eigenvalue weighted by molar-refractivity contribution is 0.0940. The lowest BCUT2D eigenvalue weighted by Crippen LogP contribution is -2.24. The Morgan fingerprint density at radius 3 is 3.14 bits per heavy atom. The molecule has 0 unspecified atom stereocenters. The minimum Gasteiger partial charge on any atom is -0.384 e. The van der Waals surface area contributed by atoms with Crippen LogP contribution in [0.3, 0.4) is 0 Å². The van der Waals surface area contributed by atoms with Crippen molar-refractivity contribution in [1.82, 2.24) is 25.7 Å². The predicted octanol–water partition coefficient (Wildman–Crippen LogP) is 0.790. The summed E-state index contributed by atoms with van der Waals surface area (Å²) in [7, 11) is 1.62. The molecule has 2 N–H and O–H groups in total. The van der Waals surface area contributed by atoms with Crippen molar-refractivity contribution in [3.63, 3.8) is 0 Å². The Morgan fingerprint density at radius 2 is 2.27 bits per heavy atom. The summed E-state index contributed by atoms with van der Waals surface area (Å²) in [4.78, 5) is 16.4. The van der Waals surface area contributed by atoms with Gasteiger partial charge in [-0.05, 0) is 25.7 Å². The predicted molar refractivity (Wildman–Crippen MR) is 76.3 cm³/mol. The van der Waals surface area contributed by atoms with Crippen LogP contribution < -0.4 is 5.32 Å². The van der Waals surface area contributed by atoms with Crippen molar-refractivity contribution in [3.05, 3.63) is 28.7 Å². The van der Waals surface area contributed by atoms with E-state index in [-0.39, 0.29) is 12.5 Å². The third-order valence-corrected chi connectivity index (χ3v) is 3.71. The molecule has 0 saturated heterocycles. The van der Waals surface area contributed by atoms with E-state index in [2.05, 4.69) is 25.7 Å². The van der Waals surface area contributed by atoms with E-state index < -0.39 is 0 Å². The SMILES string of the molecule is COCCc1noc(CNC(=O)c2n[nH]c3c2CCCC3)n1. The molecular weight excluding hydrogens is 286 g/mol. The maximum atomic E-state index is 12.2. The fourth-order valence-electron chi connectivity index (χ4n) is 2.57. The minimum absolute atomic E-state index is 0.195. The van der Waals surface area contributed by atoms with Crippen LogP contribution in [0.25, 0.3) is 0 Å². The van der Waals surface area contributed by atoms with Gasteiger partial charge in [-0.15, -0.1) is 0 Å². The molecule has 2 aromatic heterocycles. The van der Waals surface area contributed by atoms with E-state index in [0.717, 1.165) is 36.9 Å². The molecule has 0 aliphatic heterocycles. The van der Waals surface area contributed by atoms with E-state index in [9.17, 15) is 4.79 Å². The summed E-state index contributed by atoms with van der Waals surface area (Å²) in [5.41, 5.74) is 2.60. The van der Waals surface area contributed by atoms with Crippen LogP contribution in [0.4, 0.5) is 0 Å². The molecule has 0 fully saturated rings. The number of aryl methyl sites for hydroxylation is 1. The molecule has 0 aromatic carbocycles. The van der Waals surface area contributed by atoms with E-state index in [1.165, 1.54) is 0 Å². The van der Waals surface area contributed by atoms with Crippen molar-refractivity contribution in [2.45, 2.75) is 38.6 Å². The number of amides is 1. The van der Waals surface area contributed by atoms with Gasteiger partial charge in [0.2, 0.25) is 5.89 Å². The van der Waals surface area contributed by atoms with Gasteiger partial charge in [-0.3, -0.25) is 9.89 Å². The second kappa shape index (κ2) is 6.69. The van der Waals surface area contributed by atoms with Crippen LogP contribution in [0.1, 0.15) is 46.3 Å². The Hall–Kier alpha value is -2.22. The second-order valence-corrected chi connectivity index (χ2v) is 5.27. The van der Waals surface area contributed by atoms with Gasteiger partial charge < -0.3 is 14.6 Å². The zero-order chi connectivity index (χ0) is 15.4. The standard InChI is InChI=1S/C14H19N5O3/c1-21-7-6-11-16-12(22-19-11)8-15-14(20)13-9-4-2-3-5-10(9)17-18-13/h2-8H2,1H3,(H,15,20)(H,17,18).